The van der Waals surface area contributed by atoms with E-state index in [1.807, 2.05) is 0 Å². The molecule has 2 rings (SSSR count). The lowest BCUT2D eigenvalue weighted by molar-refractivity contribution is 0.667. The Labute approximate surface area is 102 Å². The van der Waals surface area contributed by atoms with Gasteiger partial charge in [0, 0.05) is 31.5 Å². The van der Waals surface area contributed by atoms with Crippen LogP contribution in [0.5, 0.6) is 0 Å². The lowest BCUT2D eigenvalue weighted by Crippen LogP contribution is -2.24. The van der Waals surface area contributed by atoms with Crippen LogP contribution in [-0.4, -0.2) is 31.6 Å². The van der Waals surface area contributed by atoms with Gasteiger partial charge in [-0.25, -0.2) is 0 Å². The molecule has 1 N–H and O–H groups in total. The molecular formula is C13H20N2S. The van der Waals surface area contributed by atoms with E-state index in [0.717, 1.165) is 0 Å². The van der Waals surface area contributed by atoms with Crippen molar-refractivity contribution in [2.24, 2.45) is 0 Å². The summed E-state index contributed by atoms with van der Waals surface area (Å²) in [6, 6.07) is 9.31. The predicted octanol–water partition coefficient (Wildman–Crippen LogP) is 3.06. The van der Waals surface area contributed by atoms with Crippen molar-refractivity contribution < 1.29 is 0 Å². The van der Waals surface area contributed by atoms with Gasteiger partial charge in [0.2, 0.25) is 0 Å². The molecule has 0 bridgehead atoms. The number of nitrogens with one attached hydrogen (secondary N) is 1. The van der Waals surface area contributed by atoms with E-state index >= 15 is 0 Å². The van der Waals surface area contributed by atoms with Crippen LogP contribution in [0.2, 0.25) is 0 Å². The SMILES string of the molecule is CN(C)c1cccc(NC2CCSCC2)c1. The van der Waals surface area contributed by atoms with Crippen molar-refractivity contribution in [3.05, 3.63) is 24.3 Å². The third kappa shape index (κ3) is 3.08. The number of hydrogen-bond donors (Lipinski definition) is 1. The van der Waals surface area contributed by atoms with Gasteiger partial charge in [0.1, 0.15) is 0 Å². The van der Waals surface area contributed by atoms with E-state index in [9.17, 15) is 0 Å². The van der Waals surface area contributed by atoms with E-state index < -0.39 is 0 Å². The van der Waals surface area contributed by atoms with Gasteiger partial charge in [-0.2, -0.15) is 11.8 Å². The van der Waals surface area contributed by atoms with Gasteiger partial charge >= 0.3 is 0 Å². The summed E-state index contributed by atoms with van der Waals surface area (Å²) in [5.41, 5.74) is 2.51. The Morgan fingerprint density at radius 3 is 2.69 bits per heavy atom. The Balaban J connectivity index is 2.00. The molecule has 0 saturated carbocycles. The number of benzene rings is 1. The minimum Gasteiger partial charge on any atom is -0.382 e. The first-order valence-electron chi connectivity index (χ1n) is 5.87. The fourth-order valence-electron chi connectivity index (χ4n) is 1.95. The van der Waals surface area contributed by atoms with Crippen LogP contribution in [-0.2, 0) is 0 Å². The average molecular weight is 236 g/mol. The van der Waals surface area contributed by atoms with Gasteiger partial charge in [-0.3, -0.25) is 0 Å². The Kier molecular flexibility index (Phi) is 3.99. The highest BCUT2D eigenvalue weighted by atomic mass is 32.2. The van der Waals surface area contributed by atoms with E-state index in [1.54, 1.807) is 0 Å². The van der Waals surface area contributed by atoms with Crippen LogP contribution in [0.15, 0.2) is 24.3 Å². The molecule has 0 amide bonds. The third-order valence-electron chi connectivity index (χ3n) is 2.95. The molecular weight excluding hydrogens is 216 g/mol. The van der Waals surface area contributed by atoms with Crippen LogP contribution in [0.1, 0.15) is 12.8 Å². The first-order chi connectivity index (χ1) is 7.75. The number of anilines is 2. The summed E-state index contributed by atoms with van der Waals surface area (Å²) in [5, 5.41) is 3.64. The molecule has 0 spiro atoms. The molecule has 1 saturated heterocycles. The summed E-state index contributed by atoms with van der Waals surface area (Å²) in [5.74, 6) is 2.59. The van der Waals surface area contributed by atoms with E-state index in [4.69, 9.17) is 0 Å². The van der Waals surface area contributed by atoms with Gasteiger partial charge in [-0.15, -0.1) is 0 Å². The van der Waals surface area contributed by atoms with Crippen molar-refractivity contribution >= 4 is 23.1 Å². The van der Waals surface area contributed by atoms with Gasteiger partial charge in [-0.05, 0) is 42.5 Å². The smallest absolute Gasteiger partial charge is 0.0381 e. The van der Waals surface area contributed by atoms with E-state index in [1.165, 1.54) is 35.7 Å². The molecule has 1 aromatic rings. The molecule has 88 valence electrons. The number of hydrogen-bond acceptors (Lipinski definition) is 3. The van der Waals surface area contributed by atoms with Crippen molar-refractivity contribution in [2.45, 2.75) is 18.9 Å². The molecule has 1 heterocycles. The summed E-state index contributed by atoms with van der Waals surface area (Å²) in [6.45, 7) is 0. The van der Waals surface area contributed by atoms with Gasteiger partial charge in [0.25, 0.3) is 0 Å². The minimum absolute atomic E-state index is 0.665. The fourth-order valence-corrected chi connectivity index (χ4v) is 3.06. The van der Waals surface area contributed by atoms with Gasteiger partial charge in [0.15, 0.2) is 0 Å². The number of rotatable bonds is 3. The molecule has 0 atom stereocenters. The monoisotopic (exact) mass is 236 g/mol. The summed E-state index contributed by atoms with van der Waals surface area (Å²) in [7, 11) is 4.16. The summed E-state index contributed by atoms with van der Waals surface area (Å²) < 4.78 is 0. The standard InChI is InChI=1S/C13H20N2S/c1-15(2)13-5-3-4-12(10-13)14-11-6-8-16-9-7-11/h3-5,10-11,14H,6-9H2,1-2H3. The molecule has 0 unspecified atom stereocenters. The van der Waals surface area contributed by atoms with E-state index in [2.05, 4.69) is 60.3 Å². The number of nitrogens with zero attached hydrogens (tertiary/aromatic N) is 1. The molecule has 1 aromatic carbocycles. The van der Waals surface area contributed by atoms with Crippen molar-refractivity contribution in [3.63, 3.8) is 0 Å². The maximum Gasteiger partial charge on any atom is 0.0381 e. The Morgan fingerprint density at radius 1 is 1.25 bits per heavy atom. The second-order valence-corrected chi connectivity index (χ2v) is 5.70. The predicted molar refractivity (Wildman–Crippen MR) is 74.7 cm³/mol. The summed E-state index contributed by atoms with van der Waals surface area (Å²) >= 11 is 2.07. The molecule has 0 aliphatic carbocycles. The molecule has 1 aliphatic heterocycles. The first-order valence-corrected chi connectivity index (χ1v) is 7.03. The molecule has 2 nitrogen and oxygen atoms in total. The largest absolute Gasteiger partial charge is 0.382 e. The summed E-state index contributed by atoms with van der Waals surface area (Å²) in [6.07, 6.45) is 2.58. The maximum atomic E-state index is 3.64. The van der Waals surface area contributed by atoms with Crippen LogP contribution in [0.25, 0.3) is 0 Å². The van der Waals surface area contributed by atoms with Gasteiger partial charge in [-0.1, -0.05) is 6.07 Å². The fraction of sp³-hybridized carbons (Fsp3) is 0.538. The highest BCUT2D eigenvalue weighted by Crippen LogP contribution is 2.23. The minimum atomic E-state index is 0.665. The Morgan fingerprint density at radius 2 is 2.00 bits per heavy atom. The normalized spacial score (nSPS) is 17.1. The maximum absolute atomic E-state index is 3.64. The zero-order chi connectivity index (χ0) is 11.4. The lowest BCUT2D eigenvalue weighted by Gasteiger charge is -2.24. The topological polar surface area (TPSA) is 15.3 Å². The first kappa shape index (κ1) is 11.6. The van der Waals surface area contributed by atoms with Crippen molar-refractivity contribution in [1.82, 2.24) is 0 Å². The lowest BCUT2D eigenvalue weighted by atomic mass is 10.1. The van der Waals surface area contributed by atoms with Crippen LogP contribution >= 0.6 is 11.8 Å². The zero-order valence-electron chi connectivity index (χ0n) is 10.1. The highest BCUT2D eigenvalue weighted by molar-refractivity contribution is 7.99. The molecule has 3 heteroatoms. The molecule has 0 aromatic heterocycles. The molecule has 1 aliphatic rings. The van der Waals surface area contributed by atoms with Crippen molar-refractivity contribution in [1.29, 1.82) is 0 Å². The van der Waals surface area contributed by atoms with Crippen LogP contribution in [0.4, 0.5) is 11.4 Å². The second-order valence-electron chi connectivity index (χ2n) is 4.48. The van der Waals surface area contributed by atoms with Gasteiger partial charge in [0.05, 0.1) is 0 Å². The Hall–Kier alpha value is -0.830. The van der Waals surface area contributed by atoms with Crippen LogP contribution in [0.3, 0.4) is 0 Å². The number of thioether (sulfide) groups is 1. The molecule has 16 heavy (non-hydrogen) atoms. The Bertz CT molecular complexity index is 332. The third-order valence-corrected chi connectivity index (χ3v) is 4.00. The van der Waals surface area contributed by atoms with Gasteiger partial charge < -0.3 is 10.2 Å². The quantitative estimate of drug-likeness (QED) is 0.868. The highest BCUT2D eigenvalue weighted by Gasteiger charge is 2.13. The second kappa shape index (κ2) is 5.48. The van der Waals surface area contributed by atoms with E-state index in [-0.39, 0.29) is 0 Å². The summed E-state index contributed by atoms with van der Waals surface area (Å²) in [4.78, 5) is 2.14. The van der Waals surface area contributed by atoms with Crippen molar-refractivity contribution in [3.8, 4) is 0 Å². The van der Waals surface area contributed by atoms with Crippen molar-refractivity contribution in [2.75, 3.05) is 35.8 Å². The molecule has 0 radical (unpaired) electrons. The van der Waals surface area contributed by atoms with E-state index in [0.29, 0.717) is 6.04 Å². The van der Waals surface area contributed by atoms with Crippen LogP contribution < -0.4 is 10.2 Å². The van der Waals surface area contributed by atoms with Crippen LogP contribution in [0, 0.1) is 0 Å². The molecule has 1 fully saturated rings. The zero-order valence-corrected chi connectivity index (χ0v) is 10.9. The average Bonchev–Trinajstić information content (AvgIpc) is 2.30.